The minimum absolute atomic E-state index is 0.229. The van der Waals surface area contributed by atoms with Crippen LogP contribution >= 0.6 is 7.29 Å². The summed E-state index contributed by atoms with van der Waals surface area (Å²) in [6, 6.07) is 21.5. The molecule has 4 heteroatoms. The zero-order valence-corrected chi connectivity index (χ0v) is 15.6. The average Bonchev–Trinajstić information content (AvgIpc) is 2.70. The summed E-state index contributed by atoms with van der Waals surface area (Å²) in [6.07, 6.45) is 5.55. The Morgan fingerprint density at radius 2 is 1.44 bits per heavy atom. The van der Waals surface area contributed by atoms with E-state index in [2.05, 4.69) is 11.2 Å². The van der Waals surface area contributed by atoms with Crippen molar-refractivity contribution in [2.75, 3.05) is 0 Å². The third-order valence-electron chi connectivity index (χ3n) is 5.28. The molecule has 2 aromatic carbocycles. The van der Waals surface area contributed by atoms with Gasteiger partial charge < -0.3 is 0 Å². The normalized spacial score (nSPS) is 18.2. The lowest BCUT2D eigenvalue weighted by atomic mass is 9.77. The van der Waals surface area contributed by atoms with Crippen LogP contribution in [0.4, 0.5) is 0 Å². The van der Waals surface area contributed by atoms with Crippen LogP contribution in [-0.4, -0.2) is 5.54 Å². The second kappa shape index (κ2) is 7.56. The summed E-state index contributed by atoms with van der Waals surface area (Å²) in [5.74, 6) is 0.229. The number of nitrogens with one attached hydrogen (secondary N) is 1. The fourth-order valence-corrected chi connectivity index (χ4v) is 6.40. The molecule has 0 heterocycles. The van der Waals surface area contributed by atoms with E-state index in [1.165, 1.54) is 6.42 Å². The topological polar surface area (TPSA) is 52.9 Å². The molecule has 0 amide bonds. The van der Waals surface area contributed by atoms with Crippen molar-refractivity contribution in [1.82, 2.24) is 5.09 Å². The highest BCUT2D eigenvalue weighted by Gasteiger charge is 2.42. The smallest absolute Gasteiger partial charge is 0.205 e. The number of nitrogens with zero attached hydrogens (tertiary/aromatic N) is 1. The van der Waals surface area contributed by atoms with Gasteiger partial charge in [0, 0.05) is 10.6 Å². The van der Waals surface area contributed by atoms with Crippen molar-refractivity contribution in [3.63, 3.8) is 0 Å². The molecule has 1 fully saturated rings. The highest BCUT2D eigenvalue weighted by Crippen LogP contribution is 2.44. The monoisotopic (exact) mass is 352 g/mol. The van der Waals surface area contributed by atoms with E-state index in [-0.39, 0.29) is 5.92 Å². The molecule has 1 aliphatic rings. The summed E-state index contributed by atoms with van der Waals surface area (Å²) >= 11 is 0. The van der Waals surface area contributed by atoms with Crippen LogP contribution < -0.4 is 15.7 Å². The standard InChI is InChI=1S/C21H25N2OP/c1-21(17-22,18-11-5-2-6-12-18)23-25(24,19-13-7-3-8-14-19)20-15-9-4-10-16-20/h3-4,7-10,13-16,18H,2,5-6,11-12H2,1H3,(H,23,24). The number of rotatable bonds is 5. The van der Waals surface area contributed by atoms with Crippen molar-refractivity contribution in [2.45, 2.75) is 44.6 Å². The molecule has 0 radical (unpaired) electrons. The van der Waals surface area contributed by atoms with Crippen LogP contribution in [0.15, 0.2) is 60.7 Å². The Labute approximate surface area is 150 Å². The molecule has 0 aliphatic heterocycles. The Kier molecular flexibility index (Phi) is 5.42. The number of nitriles is 1. The minimum atomic E-state index is -3.10. The van der Waals surface area contributed by atoms with Crippen molar-refractivity contribution in [3.8, 4) is 6.07 Å². The summed E-state index contributed by atoms with van der Waals surface area (Å²) in [6.45, 7) is 1.92. The Morgan fingerprint density at radius 1 is 0.960 bits per heavy atom. The molecule has 25 heavy (non-hydrogen) atoms. The van der Waals surface area contributed by atoms with Gasteiger partial charge in [0.2, 0.25) is 7.29 Å². The van der Waals surface area contributed by atoms with Gasteiger partial charge in [0.25, 0.3) is 0 Å². The molecule has 1 saturated carbocycles. The molecule has 3 rings (SSSR count). The lowest BCUT2D eigenvalue weighted by Gasteiger charge is -2.38. The molecule has 130 valence electrons. The van der Waals surface area contributed by atoms with Crippen molar-refractivity contribution in [3.05, 3.63) is 60.7 Å². The predicted molar refractivity (Wildman–Crippen MR) is 103 cm³/mol. The molecule has 1 atom stereocenters. The highest BCUT2D eigenvalue weighted by molar-refractivity contribution is 7.77. The van der Waals surface area contributed by atoms with Crippen molar-refractivity contribution in [2.24, 2.45) is 5.92 Å². The van der Waals surface area contributed by atoms with Gasteiger partial charge in [-0.2, -0.15) is 5.26 Å². The van der Waals surface area contributed by atoms with Gasteiger partial charge in [-0.05, 0) is 49.9 Å². The van der Waals surface area contributed by atoms with E-state index in [0.717, 1.165) is 36.3 Å². The first-order chi connectivity index (χ1) is 12.1. The van der Waals surface area contributed by atoms with E-state index >= 15 is 0 Å². The molecular weight excluding hydrogens is 327 g/mol. The third kappa shape index (κ3) is 3.71. The lowest BCUT2D eigenvalue weighted by Crippen LogP contribution is -2.49. The zero-order valence-electron chi connectivity index (χ0n) is 14.7. The summed E-state index contributed by atoms with van der Waals surface area (Å²) < 4.78 is 14.2. The molecule has 3 nitrogen and oxygen atoms in total. The molecule has 1 unspecified atom stereocenters. The number of benzene rings is 2. The van der Waals surface area contributed by atoms with E-state index in [1.807, 2.05) is 67.6 Å². The van der Waals surface area contributed by atoms with Crippen molar-refractivity contribution in [1.29, 1.82) is 5.26 Å². The Balaban J connectivity index is 2.03. The molecular formula is C21H25N2OP. The second-order valence-corrected chi connectivity index (χ2v) is 9.52. The SMILES string of the molecule is CC(C#N)(NP(=O)(c1ccccc1)c1ccccc1)C1CCCCC1. The lowest BCUT2D eigenvalue weighted by molar-refractivity contribution is 0.253. The summed E-state index contributed by atoms with van der Waals surface area (Å²) in [5.41, 5.74) is -0.804. The summed E-state index contributed by atoms with van der Waals surface area (Å²) in [7, 11) is -3.10. The van der Waals surface area contributed by atoms with Gasteiger partial charge in [-0.25, -0.2) is 5.09 Å². The highest BCUT2D eigenvalue weighted by atomic mass is 31.2. The number of hydrogen-bond acceptors (Lipinski definition) is 2. The summed E-state index contributed by atoms with van der Waals surface area (Å²) in [4.78, 5) is 0. The molecule has 0 bridgehead atoms. The Morgan fingerprint density at radius 3 is 1.88 bits per heavy atom. The minimum Gasteiger partial charge on any atom is -0.296 e. The van der Waals surface area contributed by atoms with Crippen LogP contribution in [0.5, 0.6) is 0 Å². The van der Waals surface area contributed by atoms with Crippen LogP contribution in [0.25, 0.3) is 0 Å². The quantitative estimate of drug-likeness (QED) is 0.813. The van der Waals surface area contributed by atoms with Crippen molar-refractivity contribution >= 4 is 17.9 Å². The predicted octanol–water partition coefficient (Wildman–Crippen LogP) is 4.37. The summed E-state index contributed by atoms with van der Waals surface area (Å²) in [5, 5.41) is 14.8. The molecule has 0 saturated heterocycles. The van der Waals surface area contributed by atoms with Gasteiger partial charge in [0.05, 0.1) is 6.07 Å². The van der Waals surface area contributed by atoms with Crippen LogP contribution in [0, 0.1) is 17.2 Å². The van der Waals surface area contributed by atoms with Crippen molar-refractivity contribution < 1.29 is 4.57 Å². The van der Waals surface area contributed by atoms with Crippen LogP contribution in [-0.2, 0) is 4.57 Å². The van der Waals surface area contributed by atoms with E-state index in [1.54, 1.807) is 0 Å². The largest absolute Gasteiger partial charge is 0.296 e. The maximum Gasteiger partial charge on any atom is 0.205 e. The first-order valence-corrected chi connectivity index (χ1v) is 10.7. The molecule has 1 aliphatic carbocycles. The molecule has 1 N–H and O–H groups in total. The maximum absolute atomic E-state index is 14.2. The first-order valence-electron chi connectivity index (χ1n) is 9.00. The molecule has 0 aromatic heterocycles. The van der Waals surface area contributed by atoms with Gasteiger partial charge in [0.15, 0.2) is 0 Å². The van der Waals surface area contributed by atoms with Crippen LogP contribution in [0.3, 0.4) is 0 Å². The van der Waals surface area contributed by atoms with E-state index in [0.29, 0.717) is 0 Å². The zero-order chi connectivity index (χ0) is 17.8. The van der Waals surface area contributed by atoms with Gasteiger partial charge in [0.1, 0.15) is 5.54 Å². The van der Waals surface area contributed by atoms with Gasteiger partial charge in [-0.3, -0.25) is 4.57 Å². The Bertz CT molecular complexity index is 735. The van der Waals surface area contributed by atoms with E-state index in [9.17, 15) is 9.83 Å². The average molecular weight is 352 g/mol. The van der Waals surface area contributed by atoms with Gasteiger partial charge >= 0.3 is 0 Å². The fourth-order valence-electron chi connectivity index (χ4n) is 3.77. The van der Waals surface area contributed by atoms with Crippen LogP contribution in [0.2, 0.25) is 0 Å². The van der Waals surface area contributed by atoms with Crippen LogP contribution in [0.1, 0.15) is 39.0 Å². The molecule has 2 aromatic rings. The number of hydrogen-bond donors (Lipinski definition) is 1. The van der Waals surface area contributed by atoms with E-state index < -0.39 is 12.8 Å². The first kappa shape index (κ1) is 17.9. The van der Waals surface area contributed by atoms with Gasteiger partial charge in [-0.1, -0.05) is 55.7 Å². The maximum atomic E-state index is 14.2. The van der Waals surface area contributed by atoms with Gasteiger partial charge in [-0.15, -0.1) is 0 Å². The third-order valence-corrected chi connectivity index (χ3v) is 8.11. The van der Waals surface area contributed by atoms with E-state index in [4.69, 9.17) is 0 Å². The fraction of sp³-hybridized carbons (Fsp3) is 0.381. The second-order valence-electron chi connectivity index (χ2n) is 7.04. The molecule has 0 spiro atoms. The Hall–Kier alpha value is -1.88.